The Morgan fingerprint density at radius 3 is 2.62 bits per heavy atom. The summed E-state index contributed by atoms with van der Waals surface area (Å²) in [6, 6.07) is 15.3. The van der Waals surface area contributed by atoms with Crippen LogP contribution in [0.15, 0.2) is 65.7 Å². The fourth-order valence-corrected chi connectivity index (χ4v) is 5.47. The van der Waals surface area contributed by atoms with Crippen LogP contribution in [0.3, 0.4) is 0 Å². The summed E-state index contributed by atoms with van der Waals surface area (Å²) < 4.78 is 25.5. The molecule has 0 N–H and O–H groups in total. The molecule has 0 spiro atoms. The fraction of sp³-hybridized carbons (Fsp3) is 0.174. The van der Waals surface area contributed by atoms with Gasteiger partial charge in [0.1, 0.15) is 0 Å². The molecule has 2 aromatic heterocycles. The third kappa shape index (κ3) is 4.39. The first kappa shape index (κ1) is 22.4. The maximum atomic E-state index is 13.6. The number of amides is 1. The molecule has 0 radical (unpaired) electrons. The van der Waals surface area contributed by atoms with Gasteiger partial charge in [-0.05, 0) is 48.9 Å². The lowest BCUT2D eigenvalue weighted by molar-refractivity contribution is 0.0984. The third-order valence-electron chi connectivity index (χ3n) is 5.03. The Kier molecular flexibility index (Phi) is 6.28. The summed E-state index contributed by atoms with van der Waals surface area (Å²) in [4.78, 5) is 24.3. The number of sulfone groups is 1. The van der Waals surface area contributed by atoms with Gasteiger partial charge in [-0.2, -0.15) is 0 Å². The molecule has 164 valence electrons. The van der Waals surface area contributed by atoms with Crippen LogP contribution in [0, 0.1) is 6.92 Å². The van der Waals surface area contributed by atoms with Gasteiger partial charge in [0.05, 0.1) is 38.1 Å². The highest BCUT2D eigenvalue weighted by atomic mass is 35.5. The first-order valence-electron chi connectivity index (χ1n) is 9.90. The molecule has 4 rings (SSSR count). The number of nitrogens with zero attached hydrogens (tertiary/aromatic N) is 3. The number of anilines is 1. The van der Waals surface area contributed by atoms with E-state index >= 15 is 0 Å². The van der Waals surface area contributed by atoms with Crippen LogP contribution >= 0.6 is 22.9 Å². The minimum Gasteiger partial charge on any atom is -0.278 e. The van der Waals surface area contributed by atoms with Crippen LogP contribution in [-0.2, 0) is 16.4 Å². The van der Waals surface area contributed by atoms with Crippen LogP contribution in [0.4, 0.5) is 5.13 Å². The minimum atomic E-state index is -3.45. The number of aromatic nitrogens is 2. The maximum Gasteiger partial charge on any atom is 0.260 e. The van der Waals surface area contributed by atoms with Gasteiger partial charge in [-0.25, -0.2) is 13.4 Å². The Hall–Kier alpha value is -2.81. The molecule has 0 aliphatic carbocycles. The number of fused-ring (bicyclic) bond motifs is 1. The van der Waals surface area contributed by atoms with Gasteiger partial charge in [0.15, 0.2) is 15.0 Å². The number of carbonyl (C=O) groups is 1. The highest BCUT2D eigenvalue weighted by Crippen LogP contribution is 2.36. The summed E-state index contributed by atoms with van der Waals surface area (Å²) in [7, 11) is -3.45. The minimum absolute atomic E-state index is 0.0437. The van der Waals surface area contributed by atoms with Gasteiger partial charge in [-0.3, -0.25) is 14.7 Å². The molecule has 0 aliphatic heterocycles. The predicted molar refractivity (Wildman–Crippen MR) is 128 cm³/mol. The summed E-state index contributed by atoms with van der Waals surface area (Å²) in [6.45, 7) is 3.69. The lowest BCUT2D eigenvalue weighted by atomic mass is 10.2. The smallest absolute Gasteiger partial charge is 0.260 e. The van der Waals surface area contributed by atoms with E-state index in [1.807, 2.05) is 31.2 Å². The van der Waals surface area contributed by atoms with E-state index in [1.165, 1.54) is 28.4 Å². The number of aryl methyl sites for hydroxylation is 1. The summed E-state index contributed by atoms with van der Waals surface area (Å²) in [5, 5.41) is 1.03. The van der Waals surface area contributed by atoms with Crippen molar-refractivity contribution in [3.05, 3.63) is 82.6 Å². The Labute approximate surface area is 195 Å². The number of thiazole rings is 1. The molecule has 0 unspecified atom stereocenters. The number of carbonyl (C=O) groups excluding carboxylic acids is 1. The van der Waals surface area contributed by atoms with E-state index in [2.05, 4.69) is 4.98 Å². The lowest BCUT2D eigenvalue weighted by Crippen LogP contribution is -2.30. The lowest BCUT2D eigenvalue weighted by Gasteiger charge is -2.20. The van der Waals surface area contributed by atoms with Crippen molar-refractivity contribution >= 4 is 54.0 Å². The molecule has 0 saturated heterocycles. The van der Waals surface area contributed by atoms with Crippen LogP contribution in [0.2, 0.25) is 5.02 Å². The largest absolute Gasteiger partial charge is 0.278 e. The maximum absolute atomic E-state index is 13.6. The second kappa shape index (κ2) is 8.97. The Morgan fingerprint density at radius 2 is 1.94 bits per heavy atom. The number of hydrogen-bond donors (Lipinski definition) is 0. The number of halogens is 1. The Morgan fingerprint density at radius 1 is 1.12 bits per heavy atom. The normalized spacial score (nSPS) is 11.6. The average molecular weight is 486 g/mol. The molecule has 4 aromatic rings. The van der Waals surface area contributed by atoms with Crippen molar-refractivity contribution in [1.82, 2.24) is 9.97 Å². The molecule has 1 amide bonds. The highest BCUT2D eigenvalue weighted by Gasteiger charge is 2.24. The zero-order valence-corrected chi connectivity index (χ0v) is 19.8. The third-order valence-corrected chi connectivity index (χ3v) is 8.30. The topological polar surface area (TPSA) is 80.2 Å². The molecule has 0 atom stereocenters. The fourth-order valence-electron chi connectivity index (χ4n) is 3.23. The van der Waals surface area contributed by atoms with Crippen molar-refractivity contribution < 1.29 is 13.2 Å². The van der Waals surface area contributed by atoms with Crippen LogP contribution in [0.25, 0.3) is 10.2 Å². The van der Waals surface area contributed by atoms with Crippen LogP contribution < -0.4 is 4.90 Å². The molecule has 32 heavy (non-hydrogen) atoms. The summed E-state index contributed by atoms with van der Waals surface area (Å²) in [5.41, 5.74) is 2.63. The van der Waals surface area contributed by atoms with Crippen molar-refractivity contribution in [2.24, 2.45) is 0 Å². The van der Waals surface area contributed by atoms with Crippen LogP contribution in [-0.4, -0.2) is 30.0 Å². The van der Waals surface area contributed by atoms with Gasteiger partial charge in [0, 0.05) is 11.8 Å². The van der Waals surface area contributed by atoms with E-state index in [9.17, 15) is 13.2 Å². The Balaban J connectivity index is 1.82. The molecule has 0 bridgehead atoms. The van der Waals surface area contributed by atoms with E-state index in [0.717, 1.165) is 15.8 Å². The van der Waals surface area contributed by atoms with Crippen LogP contribution in [0.1, 0.15) is 28.5 Å². The monoisotopic (exact) mass is 485 g/mol. The summed E-state index contributed by atoms with van der Waals surface area (Å²) in [6.07, 6.45) is 1.66. The van der Waals surface area contributed by atoms with Crippen LogP contribution in [0.5, 0.6) is 0 Å². The standard InChI is InChI=1S/C23H20ClN3O3S2/c1-3-32(29,30)18-9-6-7-16(13-18)22(28)27(14-17-8-4-5-12-25-17)23-26-20-15(2)10-11-19(24)21(20)31-23/h4-13H,3,14H2,1-2H3. The number of rotatable bonds is 6. The Bertz CT molecular complexity index is 1360. The quantitative estimate of drug-likeness (QED) is 0.370. The van der Waals surface area contributed by atoms with E-state index in [4.69, 9.17) is 16.6 Å². The molecule has 0 fully saturated rings. The van der Waals surface area contributed by atoms with E-state index in [0.29, 0.717) is 15.8 Å². The highest BCUT2D eigenvalue weighted by molar-refractivity contribution is 7.91. The molecule has 0 aliphatic rings. The molecule has 2 heterocycles. The van der Waals surface area contributed by atoms with Gasteiger partial charge in [0.25, 0.3) is 5.91 Å². The number of benzene rings is 2. The molecule has 0 saturated carbocycles. The first-order chi connectivity index (χ1) is 15.3. The van der Waals surface area contributed by atoms with E-state index in [1.54, 1.807) is 31.3 Å². The summed E-state index contributed by atoms with van der Waals surface area (Å²) >= 11 is 7.70. The van der Waals surface area contributed by atoms with Gasteiger partial charge in [0.2, 0.25) is 0 Å². The van der Waals surface area contributed by atoms with Gasteiger partial charge in [-0.1, -0.05) is 48.1 Å². The molecule has 9 heteroatoms. The van der Waals surface area contributed by atoms with Crippen molar-refractivity contribution in [2.75, 3.05) is 10.7 Å². The number of pyridine rings is 1. The van der Waals surface area contributed by atoms with Crippen molar-refractivity contribution in [2.45, 2.75) is 25.3 Å². The van der Waals surface area contributed by atoms with E-state index in [-0.39, 0.29) is 28.7 Å². The summed E-state index contributed by atoms with van der Waals surface area (Å²) in [5.74, 6) is -0.408. The average Bonchev–Trinajstić information content (AvgIpc) is 3.27. The van der Waals surface area contributed by atoms with Crippen molar-refractivity contribution in [1.29, 1.82) is 0 Å². The molecule has 6 nitrogen and oxygen atoms in total. The number of hydrogen-bond acceptors (Lipinski definition) is 6. The molecular weight excluding hydrogens is 466 g/mol. The zero-order chi connectivity index (χ0) is 22.9. The second-order valence-electron chi connectivity index (χ2n) is 7.18. The predicted octanol–water partition coefficient (Wildman–Crippen LogP) is 5.29. The van der Waals surface area contributed by atoms with Gasteiger partial charge in [-0.15, -0.1) is 0 Å². The molecular formula is C23H20ClN3O3S2. The SMILES string of the molecule is CCS(=O)(=O)c1cccc(C(=O)N(Cc2ccccn2)c2nc3c(C)ccc(Cl)c3s2)c1. The van der Waals surface area contributed by atoms with Crippen molar-refractivity contribution in [3.8, 4) is 0 Å². The zero-order valence-electron chi connectivity index (χ0n) is 17.4. The second-order valence-corrected chi connectivity index (χ2v) is 10.8. The first-order valence-corrected chi connectivity index (χ1v) is 12.7. The van der Waals surface area contributed by atoms with Crippen molar-refractivity contribution in [3.63, 3.8) is 0 Å². The van der Waals surface area contributed by atoms with Gasteiger partial charge >= 0.3 is 0 Å². The van der Waals surface area contributed by atoms with E-state index < -0.39 is 9.84 Å². The molecule has 2 aromatic carbocycles. The van der Waals surface area contributed by atoms with Gasteiger partial charge < -0.3 is 0 Å².